The van der Waals surface area contributed by atoms with Crippen molar-refractivity contribution >= 4 is 27.7 Å². The lowest BCUT2D eigenvalue weighted by Crippen LogP contribution is -2.30. The molecule has 32 heavy (non-hydrogen) atoms. The van der Waals surface area contributed by atoms with Gasteiger partial charge in [0.25, 0.3) is 0 Å². The Morgan fingerprint density at radius 3 is 2.50 bits per heavy atom. The van der Waals surface area contributed by atoms with Gasteiger partial charge in [-0.3, -0.25) is 4.79 Å². The van der Waals surface area contributed by atoms with Gasteiger partial charge in [-0.1, -0.05) is 68.1 Å². The van der Waals surface area contributed by atoms with Crippen molar-refractivity contribution in [1.29, 1.82) is 0 Å². The highest BCUT2D eigenvalue weighted by Gasteiger charge is 2.23. The van der Waals surface area contributed by atoms with E-state index in [1.165, 1.54) is 15.0 Å². The van der Waals surface area contributed by atoms with E-state index in [1.54, 1.807) is 32.0 Å². The molecule has 11 heteroatoms. The van der Waals surface area contributed by atoms with Gasteiger partial charge in [-0.15, -0.1) is 10.2 Å². The second-order valence-corrected chi connectivity index (χ2v) is 9.72. The molecule has 0 saturated carbocycles. The predicted molar refractivity (Wildman–Crippen MR) is 125 cm³/mol. The first-order chi connectivity index (χ1) is 15.4. The molecule has 3 N–H and O–H groups in total. The van der Waals surface area contributed by atoms with Gasteiger partial charge in [0.05, 0.1) is 10.6 Å². The second kappa shape index (κ2) is 10.6. The summed E-state index contributed by atoms with van der Waals surface area (Å²) in [6.45, 7) is 4.78. The van der Waals surface area contributed by atoms with Gasteiger partial charge in [0.1, 0.15) is 0 Å². The summed E-state index contributed by atoms with van der Waals surface area (Å²) in [6.07, 6.45) is 0. The molecule has 9 nitrogen and oxygen atoms in total. The molecule has 1 heterocycles. The normalized spacial score (nSPS) is 11.6. The van der Waals surface area contributed by atoms with Crippen LogP contribution in [0.5, 0.6) is 0 Å². The van der Waals surface area contributed by atoms with E-state index < -0.39 is 10.0 Å². The molecule has 170 valence electrons. The summed E-state index contributed by atoms with van der Waals surface area (Å²) < 4.78 is 28.3. The highest BCUT2D eigenvalue weighted by Crippen LogP contribution is 2.25. The Kier molecular flexibility index (Phi) is 7.89. The SMILES string of the molecule is CCN(CC)S(=O)(=O)c1cccc(-c2nnc(SCC(=O)NCc3ccccc3)n2N)c1. The standard InChI is InChI=1S/C21H26N6O3S2/c1-3-26(4-2)32(29,30)18-12-8-11-17(13-18)20-24-25-21(27(20)22)31-15-19(28)23-14-16-9-6-5-7-10-16/h5-13H,3-4,14-15,22H2,1-2H3,(H,23,28). The van der Waals surface area contributed by atoms with Gasteiger partial charge in [-0.2, -0.15) is 4.31 Å². The summed E-state index contributed by atoms with van der Waals surface area (Å²) in [5.41, 5.74) is 1.53. The first kappa shape index (κ1) is 23.8. The van der Waals surface area contributed by atoms with Gasteiger partial charge in [0.2, 0.25) is 21.1 Å². The minimum atomic E-state index is -3.61. The Labute approximate surface area is 192 Å². The van der Waals surface area contributed by atoms with E-state index >= 15 is 0 Å². The van der Waals surface area contributed by atoms with Gasteiger partial charge in [-0.25, -0.2) is 13.1 Å². The third-order valence-electron chi connectivity index (χ3n) is 4.76. The fourth-order valence-corrected chi connectivity index (χ4v) is 5.25. The Morgan fingerprint density at radius 2 is 1.81 bits per heavy atom. The zero-order valence-corrected chi connectivity index (χ0v) is 19.6. The number of carbonyl (C=O) groups is 1. The number of hydrogen-bond acceptors (Lipinski definition) is 7. The summed E-state index contributed by atoms with van der Waals surface area (Å²) in [7, 11) is -3.61. The van der Waals surface area contributed by atoms with Crippen molar-refractivity contribution in [1.82, 2.24) is 24.5 Å². The van der Waals surface area contributed by atoms with Gasteiger partial charge in [0, 0.05) is 25.2 Å². The zero-order chi connectivity index (χ0) is 23.1. The molecule has 0 aliphatic rings. The summed E-state index contributed by atoms with van der Waals surface area (Å²) in [4.78, 5) is 12.3. The van der Waals surface area contributed by atoms with Crippen molar-refractivity contribution in [2.45, 2.75) is 30.4 Å². The molecule has 1 amide bonds. The van der Waals surface area contributed by atoms with Crippen LogP contribution in [0.2, 0.25) is 0 Å². The van der Waals surface area contributed by atoms with Crippen LogP contribution < -0.4 is 11.2 Å². The van der Waals surface area contributed by atoms with E-state index in [2.05, 4.69) is 15.5 Å². The summed E-state index contributed by atoms with van der Waals surface area (Å²) in [5.74, 6) is 6.42. The van der Waals surface area contributed by atoms with Crippen LogP contribution in [0.25, 0.3) is 11.4 Å². The Morgan fingerprint density at radius 1 is 1.09 bits per heavy atom. The van der Waals surface area contributed by atoms with Crippen molar-refractivity contribution in [3.05, 3.63) is 60.2 Å². The van der Waals surface area contributed by atoms with E-state index in [9.17, 15) is 13.2 Å². The van der Waals surface area contributed by atoms with Crippen molar-refractivity contribution in [3.63, 3.8) is 0 Å². The smallest absolute Gasteiger partial charge is 0.243 e. The van der Waals surface area contributed by atoms with Crippen LogP contribution in [0.15, 0.2) is 64.6 Å². The van der Waals surface area contributed by atoms with Crippen LogP contribution in [0.1, 0.15) is 19.4 Å². The highest BCUT2D eigenvalue weighted by atomic mass is 32.2. The van der Waals surface area contributed by atoms with Crippen LogP contribution in [0, 0.1) is 0 Å². The van der Waals surface area contributed by atoms with Crippen LogP contribution in [0.3, 0.4) is 0 Å². The van der Waals surface area contributed by atoms with Gasteiger partial charge in [0.15, 0.2) is 5.82 Å². The van der Waals surface area contributed by atoms with Gasteiger partial charge < -0.3 is 11.2 Å². The van der Waals surface area contributed by atoms with Gasteiger partial charge >= 0.3 is 0 Å². The number of sulfonamides is 1. The third-order valence-corrected chi connectivity index (χ3v) is 7.75. The molecule has 0 fully saturated rings. The lowest BCUT2D eigenvalue weighted by atomic mass is 10.2. The minimum absolute atomic E-state index is 0.124. The molecule has 3 aromatic rings. The topological polar surface area (TPSA) is 123 Å². The highest BCUT2D eigenvalue weighted by molar-refractivity contribution is 7.99. The first-order valence-electron chi connectivity index (χ1n) is 10.1. The molecule has 0 unspecified atom stereocenters. The number of nitrogen functional groups attached to an aromatic ring is 1. The molecule has 2 aromatic carbocycles. The first-order valence-corrected chi connectivity index (χ1v) is 12.5. The lowest BCUT2D eigenvalue weighted by molar-refractivity contribution is -0.118. The van der Waals surface area contributed by atoms with E-state index in [1.807, 2.05) is 30.3 Å². The van der Waals surface area contributed by atoms with Crippen molar-refractivity contribution in [2.24, 2.45) is 0 Å². The number of thioether (sulfide) groups is 1. The third kappa shape index (κ3) is 5.47. The number of amides is 1. The van der Waals surface area contributed by atoms with Crippen LogP contribution in [-0.4, -0.2) is 52.3 Å². The quantitative estimate of drug-likeness (QED) is 0.341. The van der Waals surface area contributed by atoms with E-state index in [4.69, 9.17) is 5.84 Å². The molecule has 0 aliphatic carbocycles. The van der Waals surface area contributed by atoms with Crippen molar-refractivity contribution < 1.29 is 13.2 Å². The average molecular weight is 475 g/mol. The average Bonchev–Trinajstić information content (AvgIpc) is 3.18. The second-order valence-electron chi connectivity index (χ2n) is 6.84. The molecular weight excluding hydrogens is 448 g/mol. The molecule has 0 radical (unpaired) electrons. The summed E-state index contributed by atoms with van der Waals surface area (Å²) in [6, 6.07) is 16.0. The molecule has 0 saturated heterocycles. The zero-order valence-electron chi connectivity index (χ0n) is 17.9. The maximum Gasteiger partial charge on any atom is 0.243 e. The number of nitrogens with two attached hydrogens (primary N) is 1. The maximum absolute atomic E-state index is 12.8. The number of hydrogen-bond donors (Lipinski definition) is 2. The van der Waals surface area contributed by atoms with Crippen molar-refractivity contribution in [3.8, 4) is 11.4 Å². The number of nitrogens with one attached hydrogen (secondary N) is 1. The molecule has 1 aromatic heterocycles. The van der Waals surface area contributed by atoms with E-state index in [0.29, 0.717) is 36.2 Å². The minimum Gasteiger partial charge on any atom is -0.351 e. The molecule has 0 spiro atoms. The summed E-state index contributed by atoms with van der Waals surface area (Å²) in [5, 5.41) is 11.3. The number of carbonyl (C=O) groups excluding carboxylic acids is 1. The van der Waals surface area contributed by atoms with E-state index in [0.717, 1.165) is 17.3 Å². The fourth-order valence-electron chi connectivity index (χ4n) is 3.06. The van der Waals surface area contributed by atoms with Crippen LogP contribution in [-0.2, 0) is 21.4 Å². The molecular formula is C21H26N6O3S2. The molecule has 0 bridgehead atoms. The monoisotopic (exact) mass is 474 g/mol. The fraction of sp³-hybridized carbons (Fsp3) is 0.286. The largest absolute Gasteiger partial charge is 0.351 e. The van der Waals surface area contributed by atoms with Crippen LogP contribution in [0.4, 0.5) is 0 Å². The van der Waals surface area contributed by atoms with Crippen molar-refractivity contribution in [2.75, 3.05) is 24.7 Å². The van der Waals surface area contributed by atoms with E-state index in [-0.39, 0.29) is 16.6 Å². The molecule has 3 rings (SSSR count). The number of nitrogens with zero attached hydrogens (tertiary/aromatic N) is 4. The van der Waals surface area contributed by atoms with Crippen LogP contribution >= 0.6 is 11.8 Å². The number of aromatic nitrogens is 3. The molecule has 0 aliphatic heterocycles. The Balaban J connectivity index is 1.69. The Bertz CT molecular complexity index is 1160. The Hall–Kier alpha value is -2.89. The molecule has 0 atom stereocenters. The maximum atomic E-state index is 12.8. The lowest BCUT2D eigenvalue weighted by Gasteiger charge is -2.18. The summed E-state index contributed by atoms with van der Waals surface area (Å²) >= 11 is 1.15. The number of rotatable bonds is 10. The predicted octanol–water partition coefficient (Wildman–Crippen LogP) is 2.10. The van der Waals surface area contributed by atoms with Gasteiger partial charge in [-0.05, 0) is 17.7 Å². The number of benzene rings is 2.